The van der Waals surface area contributed by atoms with E-state index < -0.39 is 170 Å². The number of esters is 2. The molecule has 0 aromatic heterocycles. The van der Waals surface area contributed by atoms with E-state index in [0.29, 0.717) is 12.8 Å². The lowest BCUT2D eigenvalue weighted by Gasteiger charge is -2.42. The molecule has 0 aliphatic carbocycles. The van der Waals surface area contributed by atoms with Crippen molar-refractivity contribution in [1.82, 2.24) is 39.6 Å². The first kappa shape index (κ1) is 93.4. The van der Waals surface area contributed by atoms with Gasteiger partial charge >= 0.3 is 11.9 Å². The third kappa shape index (κ3) is 29.0. The fraction of sp³-hybridized carbons (Fsp3) is 0.797. The topological polar surface area (TPSA) is 309 Å². The Morgan fingerprint density at radius 2 is 0.930 bits per heavy atom. The highest BCUT2D eigenvalue weighted by Crippen LogP contribution is 2.30. The molecule has 0 unspecified atom stereocenters. The lowest BCUT2D eigenvalue weighted by Crippen LogP contribution is -2.63. The van der Waals surface area contributed by atoms with Crippen LogP contribution in [0.1, 0.15) is 196 Å². The summed E-state index contributed by atoms with van der Waals surface area (Å²) in [5.74, 6) is -13.9. The fourth-order valence-electron chi connectivity index (χ4n) is 12.7. The van der Waals surface area contributed by atoms with E-state index >= 15 is 14.4 Å². The second-order valence-electron chi connectivity index (χ2n) is 30.2. The summed E-state index contributed by atoms with van der Waals surface area (Å²) in [6, 6.07) is -8.58. The first-order valence-corrected chi connectivity index (χ1v) is 37.9. The number of allylic oxidation sites excluding steroid dienone is 2. The Hall–Kier alpha value is -6.60. The number of ether oxygens (including phenoxy) is 2. The van der Waals surface area contributed by atoms with Gasteiger partial charge in [0, 0.05) is 112 Å². The van der Waals surface area contributed by atoms with Crippen LogP contribution in [0.3, 0.4) is 0 Å². The molecule has 8 amide bonds. The summed E-state index contributed by atoms with van der Waals surface area (Å²) in [5.41, 5.74) is 0. The number of ketones is 3. The van der Waals surface area contributed by atoms with Crippen molar-refractivity contribution in [3.8, 4) is 0 Å². The average molecular weight is 1440 g/mol. The van der Waals surface area contributed by atoms with E-state index in [9.17, 15) is 56.4 Å². The minimum absolute atomic E-state index is 0.0635. The van der Waals surface area contributed by atoms with Crippen molar-refractivity contribution in [1.29, 1.82) is 0 Å². The third-order valence-corrected chi connectivity index (χ3v) is 20.2. The number of carbonyl (C=O) groups is 13. The molecule has 26 heteroatoms. The number of hydrogen-bond donors (Lipinski definition) is 1. The highest BCUT2D eigenvalue weighted by Gasteiger charge is 2.47. The monoisotopic (exact) mass is 1430 g/mol. The van der Waals surface area contributed by atoms with Gasteiger partial charge in [0.15, 0.2) is 11.6 Å². The van der Waals surface area contributed by atoms with Crippen molar-refractivity contribution < 1.29 is 80.2 Å². The van der Waals surface area contributed by atoms with Gasteiger partial charge in [-0.3, -0.25) is 57.5 Å². The van der Waals surface area contributed by atoms with Crippen LogP contribution in [0.2, 0.25) is 0 Å². The van der Waals surface area contributed by atoms with Gasteiger partial charge in [-0.1, -0.05) is 130 Å². The zero-order valence-corrected chi connectivity index (χ0v) is 66.9. The van der Waals surface area contributed by atoms with E-state index in [0.717, 1.165) is 11.2 Å². The predicted molar refractivity (Wildman–Crippen MR) is 387 cm³/mol. The lowest BCUT2D eigenvalue weighted by molar-refractivity contribution is -0.164. The molecule has 0 aromatic carbocycles. The number of hydrogen-bond acceptors (Lipinski definition) is 17. The van der Waals surface area contributed by atoms with Gasteiger partial charge in [0.1, 0.15) is 58.5 Å². The summed E-state index contributed by atoms with van der Waals surface area (Å²) in [5, 5.41) is 2.71. The minimum atomic E-state index is -3.58. The Kier molecular flexibility index (Phi) is 40.5. The second kappa shape index (κ2) is 43.4. The van der Waals surface area contributed by atoms with Crippen LogP contribution in [0.5, 0.6) is 0 Å². The number of rotatable bonds is 45. The van der Waals surface area contributed by atoms with Crippen LogP contribution >= 0.6 is 0 Å². The van der Waals surface area contributed by atoms with E-state index in [-0.39, 0.29) is 93.4 Å². The fourth-order valence-corrected chi connectivity index (χ4v) is 13.8. The van der Waals surface area contributed by atoms with Crippen LogP contribution in [-0.4, -0.2) is 242 Å². The first-order chi connectivity index (χ1) is 46.0. The first-order valence-electron chi connectivity index (χ1n) is 35.8. The summed E-state index contributed by atoms with van der Waals surface area (Å²) >= 11 is 0. The molecule has 0 bridgehead atoms. The number of nitrogens with zero attached hydrogens (tertiary/aromatic N) is 7. The summed E-state index contributed by atoms with van der Waals surface area (Å²) in [7, 11) is 6.62. The molecule has 574 valence electrons. The molecule has 14 atom stereocenters. The van der Waals surface area contributed by atoms with Crippen molar-refractivity contribution in [2.75, 3.05) is 74.5 Å². The van der Waals surface area contributed by atoms with Gasteiger partial charge in [0.05, 0.1) is 24.4 Å². The van der Waals surface area contributed by atoms with Gasteiger partial charge in [-0.25, -0.2) is 13.2 Å². The van der Waals surface area contributed by atoms with Crippen molar-refractivity contribution in [2.24, 2.45) is 65.1 Å². The molecular formula is C74H130N8O17S. The Balaban J connectivity index is 7.22. The van der Waals surface area contributed by atoms with Gasteiger partial charge in [-0.15, -0.1) is 0 Å². The molecule has 0 heterocycles. The van der Waals surface area contributed by atoms with Crippen molar-refractivity contribution in [3.63, 3.8) is 0 Å². The Labute approximate surface area is 600 Å². The lowest BCUT2D eigenvalue weighted by atomic mass is 9.83. The van der Waals surface area contributed by atoms with Crippen molar-refractivity contribution in [2.45, 2.75) is 245 Å². The molecule has 0 aliphatic heterocycles. The minimum Gasteiger partial charge on any atom is -0.462 e. The normalized spacial score (nSPS) is 16.1. The Bertz CT molecular complexity index is 2910. The summed E-state index contributed by atoms with van der Waals surface area (Å²) in [6.07, 6.45) is 3.79. The summed E-state index contributed by atoms with van der Waals surface area (Å²) < 4.78 is 36.3. The van der Waals surface area contributed by atoms with Crippen molar-refractivity contribution in [3.05, 3.63) is 12.2 Å². The second-order valence-corrected chi connectivity index (χ2v) is 32.4. The van der Waals surface area contributed by atoms with E-state index in [4.69, 9.17) is 9.47 Å². The highest BCUT2D eigenvalue weighted by molar-refractivity contribution is 7.90. The maximum Gasteiger partial charge on any atom is 0.328 e. The van der Waals surface area contributed by atoms with E-state index in [1.807, 2.05) is 54.5 Å². The van der Waals surface area contributed by atoms with E-state index in [2.05, 4.69) is 5.32 Å². The Morgan fingerprint density at radius 1 is 0.480 bits per heavy atom. The molecule has 0 radical (unpaired) electrons. The molecule has 0 spiro atoms. The predicted octanol–water partition coefficient (Wildman–Crippen LogP) is 7.34. The van der Waals surface area contributed by atoms with Crippen LogP contribution in [-0.2, 0) is 81.6 Å². The van der Waals surface area contributed by atoms with Crippen LogP contribution in [0.25, 0.3) is 0 Å². The van der Waals surface area contributed by atoms with Gasteiger partial charge in [0.2, 0.25) is 47.3 Å². The molecule has 25 nitrogen and oxygen atoms in total. The number of carbonyl (C=O) groups excluding carboxylic acids is 13. The molecule has 1 N–H and O–H groups in total. The SMILES string of the molecule is C/C=C/C[C@@H](C)[C@@H](OC(C)=O)[C@@H](C(=O)N[C@@H](CC)C(=O)OCCN(C)C(C)=O)N(C)C(=O)[C@H](C(C)C)N(C)C(=O)[C@H](CC(C)C)N(C)C(=O)[C@H](CC(C)C)N(C)C(=O)[C@@H](C)CC(=O)[C@H](C)CC(=O)[C@H](CC(C)C)N(C)C(=O)[C@@H](CC(=O)[C@H]([C@H](C)CS(C)(=O)=O)N(C)C(=O)[C@@H](C)CC)C(C)C. The zero-order valence-electron chi connectivity index (χ0n) is 66.1. The molecule has 0 saturated carbocycles. The van der Waals surface area contributed by atoms with Crippen molar-refractivity contribution >= 4 is 86.4 Å². The smallest absolute Gasteiger partial charge is 0.328 e. The molecule has 100 heavy (non-hydrogen) atoms. The largest absolute Gasteiger partial charge is 0.462 e. The zero-order chi connectivity index (χ0) is 78.0. The van der Waals surface area contributed by atoms with Crippen LogP contribution < -0.4 is 5.32 Å². The van der Waals surface area contributed by atoms with Crippen LogP contribution in [0, 0.1) is 65.1 Å². The molecule has 0 saturated heterocycles. The average Bonchev–Trinajstić information content (AvgIpc) is 0.792. The number of Topliss-reactive ketones (excluding diaryl/α,β-unsaturated/α-hetero) is 3. The molecular weight excluding hydrogens is 1300 g/mol. The molecule has 0 fully saturated rings. The van der Waals surface area contributed by atoms with E-state index in [1.54, 1.807) is 89.3 Å². The molecule has 0 aliphatic rings. The molecule has 0 rings (SSSR count). The highest BCUT2D eigenvalue weighted by atomic mass is 32.2. The third-order valence-electron chi connectivity index (χ3n) is 19.1. The Morgan fingerprint density at radius 3 is 1.37 bits per heavy atom. The number of nitrogens with one attached hydrogen (secondary N) is 1. The maximum atomic E-state index is 15.3. The van der Waals surface area contributed by atoms with Crippen LogP contribution in [0.4, 0.5) is 0 Å². The van der Waals surface area contributed by atoms with Gasteiger partial charge in [-0.2, -0.15) is 0 Å². The summed E-state index contributed by atoms with van der Waals surface area (Å²) in [6.45, 7) is 34.1. The maximum absolute atomic E-state index is 15.3. The van der Waals surface area contributed by atoms with Crippen LogP contribution in [0.15, 0.2) is 12.2 Å². The van der Waals surface area contributed by atoms with E-state index in [1.165, 1.54) is 85.5 Å². The van der Waals surface area contributed by atoms with Gasteiger partial charge in [-0.05, 0) is 86.9 Å². The molecule has 0 aromatic rings. The number of likely N-dealkylation sites (N-methyl/N-ethyl adjacent to an activating group) is 7. The van der Waals surface area contributed by atoms with Gasteiger partial charge in [0.25, 0.3) is 0 Å². The summed E-state index contributed by atoms with van der Waals surface area (Å²) in [4.78, 5) is 193. The standard InChI is InChI=1S/C74H130N8O17S/c1-29-32-33-49(15)66(99-54(20)84)65(67(88)75-56(31-3)74(95)98-35-34-76(21)53(19)83)82(27)73(94)63(47(12)13)80(25)72(93)59(38-45(8)9)79(24)71(92)58(37-44(6)7)78(23)69(90)51(17)40-60(85)50(16)39-61(86)57(36-43(4)5)77(22)70(91)55(46(10)11)41-62(87)64(52(18)42-100(28,96)97)81(26)68(89)48(14)30-2/h29,32,43-52,55-59,63-66H,30-31,33-42H2,1-28H3,(H,75,88)/b32-29+/t48-,49+,50+,51-,52+,55-,56-,57-,58-,59-,63-,64-,65-,66+/m0/s1. The number of amides is 8. The number of sulfone groups is 1. The quantitative estimate of drug-likeness (QED) is 0.0460. The van der Waals surface area contributed by atoms with Gasteiger partial charge < -0.3 is 49.1 Å².